The van der Waals surface area contributed by atoms with E-state index in [9.17, 15) is 26.4 Å². The van der Waals surface area contributed by atoms with Gasteiger partial charge in [0.1, 0.15) is 10.6 Å². The third kappa shape index (κ3) is 5.71. The minimum atomic E-state index is -4.25. The highest BCUT2D eigenvalue weighted by molar-refractivity contribution is 7.89. The lowest BCUT2D eigenvalue weighted by molar-refractivity contribution is -0.184. The number of alkyl halides is 3. The molecule has 2 rings (SSSR count). The molecule has 1 aliphatic rings. The van der Waals surface area contributed by atoms with Crippen LogP contribution in [-0.2, 0) is 14.8 Å². The maximum absolute atomic E-state index is 12.9. The summed E-state index contributed by atoms with van der Waals surface area (Å²) in [5, 5.41) is 2.59. The van der Waals surface area contributed by atoms with Crippen LogP contribution in [0.25, 0.3) is 6.08 Å². The Morgan fingerprint density at radius 1 is 1.29 bits per heavy atom. The average molecular weight is 420 g/mol. The first-order valence-corrected chi connectivity index (χ1v) is 10.2. The summed E-state index contributed by atoms with van der Waals surface area (Å²) in [6.45, 7) is 0. The van der Waals surface area contributed by atoms with Gasteiger partial charge in [-0.1, -0.05) is 12.5 Å². The number of sulfonamides is 1. The van der Waals surface area contributed by atoms with Gasteiger partial charge >= 0.3 is 6.18 Å². The molecule has 0 aliphatic heterocycles. The summed E-state index contributed by atoms with van der Waals surface area (Å²) in [5.41, 5.74) is 0.432. The van der Waals surface area contributed by atoms with Gasteiger partial charge in [-0.25, -0.2) is 13.1 Å². The third-order valence-electron chi connectivity index (χ3n) is 4.66. The summed E-state index contributed by atoms with van der Waals surface area (Å²) in [4.78, 5) is 12.0. The molecule has 0 saturated heterocycles. The monoisotopic (exact) mass is 420 g/mol. The summed E-state index contributed by atoms with van der Waals surface area (Å²) >= 11 is 0. The minimum Gasteiger partial charge on any atom is -0.495 e. The predicted molar refractivity (Wildman–Crippen MR) is 98.2 cm³/mol. The van der Waals surface area contributed by atoms with Crippen LogP contribution in [0.5, 0.6) is 5.75 Å². The Kier molecular flexibility index (Phi) is 7.11. The smallest absolute Gasteiger partial charge is 0.391 e. The standard InChI is InChI=1S/C18H23F3N2O4S/c1-22-28(25,26)16-10-12(6-8-15(16)27-2)7-9-17(24)23-14-5-3-4-13(11-14)18(19,20)21/h6-10,13-14,22H,3-5,11H2,1-2H3,(H,23,24)/b9-7+. The molecule has 0 bridgehead atoms. The topological polar surface area (TPSA) is 84.5 Å². The van der Waals surface area contributed by atoms with Crippen LogP contribution in [-0.4, -0.2) is 40.7 Å². The van der Waals surface area contributed by atoms with Crippen molar-refractivity contribution in [2.75, 3.05) is 14.2 Å². The molecule has 10 heteroatoms. The molecule has 1 aromatic rings. The molecule has 1 fully saturated rings. The van der Waals surface area contributed by atoms with Gasteiger partial charge in [0, 0.05) is 12.1 Å². The molecule has 0 spiro atoms. The lowest BCUT2D eigenvalue weighted by atomic mass is 9.85. The molecule has 0 radical (unpaired) electrons. The van der Waals surface area contributed by atoms with E-state index in [1.54, 1.807) is 6.07 Å². The van der Waals surface area contributed by atoms with Crippen LogP contribution in [0.4, 0.5) is 13.2 Å². The highest BCUT2D eigenvalue weighted by atomic mass is 32.2. The zero-order valence-electron chi connectivity index (χ0n) is 15.5. The van der Waals surface area contributed by atoms with Crippen molar-refractivity contribution >= 4 is 22.0 Å². The van der Waals surface area contributed by atoms with Crippen molar-refractivity contribution in [3.63, 3.8) is 0 Å². The Labute approximate surface area is 162 Å². The van der Waals surface area contributed by atoms with Crippen LogP contribution >= 0.6 is 0 Å². The number of amides is 1. The Hall–Kier alpha value is -2.07. The summed E-state index contributed by atoms with van der Waals surface area (Å²) in [6, 6.07) is 3.83. The predicted octanol–water partition coefficient (Wildman–Crippen LogP) is 2.85. The van der Waals surface area contributed by atoms with Gasteiger partial charge in [0.05, 0.1) is 13.0 Å². The van der Waals surface area contributed by atoms with Gasteiger partial charge < -0.3 is 10.1 Å². The van der Waals surface area contributed by atoms with Gasteiger partial charge in [-0.2, -0.15) is 13.2 Å². The van der Waals surface area contributed by atoms with Gasteiger partial charge in [-0.15, -0.1) is 0 Å². The SMILES string of the molecule is CNS(=O)(=O)c1cc(/C=C/C(=O)NC2CCCC(C(F)(F)F)C2)ccc1OC. The molecular weight excluding hydrogens is 397 g/mol. The number of rotatable bonds is 6. The first kappa shape index (κ1) is 22.2. The Morgan fingerprint density at radius 3 is 2.61 bits per heavy atom. The number of benzene rings is 1. The molecule has 2 atom stereocenters. The number of ether oxygens (including phenoxy) is 1. The van der Waals surface area contributed by atoms with Crippen molar-refractivity contribution < 1.29 is 31.1 Å². The van der Waals surface area contributed by atoms with Gasteiger partial charge in [-0.3, -0.25) is 4.79 Å². The lowest BCUT2D eigenvalue weighted by Crippen LogP contribution is -2.41. The molecule has 1 aliphatic carbocycles. The van der Waals surface area contributed by atoms with E-state index >= 15 is 0 Å². The molecule has 28 heavy (non-hydrogen) atoms. The average Bonchev–Trinajstić information content (AvgIpc) is 2.65. The van der Waals surface area contributed by atoms with Gasteiger partial charge in [0.2, 0.25) is 15.9 Å². The normalized spacial score (nSPS) is 20.9. The molecule has 2 N–H and O–H groups in total. The number of hydrogen-bond acceptors (Lipinski definition) is 4. The van der Waals surface area contributed by atoms with E-state index in [4.69, 9.17) is 4.74 Å². The van der Waals surface area contributed by atoms with Crippen LogP contribution in [0.1, 0.15) is 31.2 Å². The van der Waals surface area contributed by atoms with Crippen molar-refractivity contribution in [3.8, 4) is 5.75 Å². The zero-order valence-corrected chi connectivity index (χ0v) is 16.4. The summed E-state index contributed by atoms with van der Waals surface area (Å²) in [7, 11) is -1.16. The fraction of sp³-hybridized carbons (Fsp3) is 0.500. The molecule has 2 unspecified atom stereocenters. The molecule has 156 valence electrons. The van der Waals surface area contributed by atoms with Gasteiger partial charge in [-0.05, 0) is 50.1 Å². The highest BCUT2D eigenvalue weighted by Gasteiger charge is 2.42. The van der Waals surface area contributed by atoms with E-state index in [-0.39, 0.29) is 23.5 Å². The van der Waals surface area contributed by atoms with E-state index in [2.05, 4.69) is 10.0 Å². The largest absolute Gasteiger partial charge is 0.495 e. The molecule has 0 heterocycles. The van der Waals surface area contributed by atoms with E-state index in [1.165, 1.54) is 38.4 Å². The quantitative estimate of drug-likeness (QED) is 0.693. The number of carbonyl (C=O) groups is 1. The Balaban J connectivity index is 2.07. The fourth-order valence-corrected chi connectivity index (χ4v) is 4.08. The third-order valence-corrected chi connectivity index (χ3v) is 6.09. The number of nitrogens with one attached hydrogen (secondary N) is 2. The van der Waals surface area contributed by atoms with Crippen molar-refractivity contribution in [3.05, 3.63) is 29.8 Å². The summed E-state index contributed by atoms with van der Waals surface area (Å²) in [6.07, 6.45) is -0.821. The van der Waals surface area contributed by atoms with Crippen molar-refractivity contribution in [2.45, 2.75) is 42.8 Å². The number of hydrogen-bond donors (Lipinski definition) is 2. The Bertz CT molecular complexity index is 838. The first-order valence-electron chi connectivity index (χ1n) is 8.73. The highest BCUT2D eigenvalue weighted by Crippen LogP contribution is 2.37. The van der Waals surface area contributed by atoms with Crippen LogP contribution in [0.3, 0.4) is 0 Å². The van der Waals surface area contributed by atoms with Crippen LogP contribution in [0.2, 0.25) is 0 Å². The number of halogens is 3. The van der Waals surface area contributed by atoms with E-state index in [0.717, 1.165) is 0 Å². The fourth-order valence-electron chi connectivity index (χ4n) is 3.16. The Morgan fingerprint density at radius 2 is 2.00 bits per heavy atom. The van der Waals surface area contributed by atoms with Crippen molar-refractivity contribution in [2.24, 2.45) is 5.92 Å². The second-order valence-electron chi connectivity index (χ2n) is 6.56. The van der Waals surface area contributed by atoms with E-state index < -0.39 is 34.1 Å². The van der Waals surface area contributed by atoms with Crippen molar-refractivity contribution in [1.82, 2.24) is 10.0 Å². The second-order valence-corrected chi connectivity index (χ2v) is 8.42. The minimum absolute atomic E-state index is 0.0830. The molecule has 1 amide bonds. The second kappa shape index (κ2) is 8.95. The zero-order chi connectivity index (χ0) is 20.9. The van der Waals surface area contributed by atoms with Crippen LogP contribution < -0.4 is 14.8 Å². The van der Waals surface area contributed by atoms with Gasteiger partial charge in [0.15, 0.2) is 0 Å². The maximum atomic E-state index is 12.9. The van der Waals surface area contributed by atoms with Crippen molar-refractivity contribution in [1.29, 1.82) is 0 Å². The number of methoxy groups -OCH3 is 1. The molecule has 1 aromatic carbocycles. The lowest BCUT2D eigenvalue weighted by Gasteiger charge is -2.30. The molecular formula is C18H23F3N2O4S. The molecule has 1 saturated carbocycles. The number of carbonyl (C=O) groups excluding carboxylic acids is 1. The van der Waals surface area contributed by atoms with Gasteiger partial charge in [0.25, 0.3) is 0 Å². The first-order chi connectivity index (χ1) is 13.1. The van der Waals surface area contributed by atoms with Crippen LogP contribution in [0.15, 0.2) is 29.2 Å². The van der Waals surface area contributed by atoms with Crippen LogP contribution in [0, 0.1) is 5.92 Å². The summed E-state index contributed by atoms with van der Waals surface area (Å²) in [5.74, 6) is -1.77. The maximum Gasteiger partial charge on any atom is 0.391 e. The molecule has 6 nitrogen and oxygen atoms in total. The molecule has 0 aromatic heterocycles. The summed E-state index contributed by atoms with van der Waals surface area (Å²) < 4.78 is 69.9. The van der Waals surface area contributed by atoms with E-state index in [1.807, 2.05) is 0 Å². The van der Waals surface area contributed by atoms with E-state index in [0.29, 0.717) is 18.4 Å².